The van der Waals surface area contributed by atoms with E-state index in [9.17, 15) is 4.79 Å². The lowest BCUT2D eigenvalue weighted by molar-refractivity contribution is 0.157. The number of benzene rings is 1. The molecule has 0 spiro atoms. The zero-order valence-electron chi connectivity index (χ0n) is 9.35. The van der Waals surface area contributed by atoms with Crippen molar-refractivity contribution in [2.24, 2.45) is 5.73 Å². The van der Waals surface area contributed by atoms with Gasteiger partial charge in [0.2, 0.25) is 0 Å². The van der Waals surface area contributed by atoms with E-state index in [2.05, 4.69) is 0 Å². The van der Waals surface area contributed by atoms with Gasteiger partial charge in [-0.3, -0.25) is 0 Å². The molecule has 0 bridgehead atoms. The zero-order valence-corrected chi connectivity index (χ0v) is 9.35. The Morgan fingerprint density at radius 1 is 1.44 bits per heavy atom. The lowest BCUT2D eigenvalue weighted by atomic mass is 10.1. The highest BCUT2D eigenvalue weighted by molar-refractivity contribution is 5.69. The van der Waals surface area contributed by atoms with Gasteiger partial charge in [-0.2, -0.15) is 0 Å². The molecule has 1 aromatic rings. The van der Waals surface area contributed by atoms with Crippen LogP contribution in [0.4, 0.5) is 4.79 Å². The quantitative estimate of drug-likeness (QED) is 0.838. The molecule has 1 aliphatic rings. The number of carbonyl (C=O) groups excluding carboxylic acids is 1. The third-order valence-corrected chi connectivity index (χ3v) is 2.77. The maximum absolute atomic E-state index is 11.2. The van der Waals surface area contributed by atoms with Gasteiger partial charge in [-0.15, -0.1) is 0 Å². The molecule has 0 aromatic heterocycles. The molecule has 1 unspecified atom stereocenters. The average Bonchev–Trinajstić information content (AvgIpc) is 2.65. The third-order valence-electron chi connectivity index (χ3n) is 2.77. The molecule has 0 aliphatic carbocycles. The Kier molecular flexibility index (Phi) is 3.10. The van der Waals surface area contributed by atoms with Crippen LogP contribution in [0.1, 0.15) is 17.2 Å². The molecule has 1 saturated heterocycles. The number of hydrogen-bond donors (Lipinski definition) is 1. The first kappa shape index (κ1) is 11.0. The minimum Gasteiger partial charge on any atom is -0.448 e. The number of rotatable bonds is 3. The highest BCUT2D eigenvalue weighted by atomic mass is 16.6. The first-order valence-electron chi connectivity index (χ1n) is 5.40. The van der Waals surface area contributed by atoms with Crippen molar-refractivity contribution in [3.63, 3.8) is 0 Å². The van der Waals surface area contributed by atoms with Gasteiger partial charge in [-0.05, 0) is 12.5 Å². The molecule has 1 heterocycles. The smallest absolute Gasteiger partial charge is 0.410 e. The number of hydrogen-bond acceptors (Lipinski definition) is 3. The topological polar surface area (TPSA) is 55.6 Å². The molecular formula is C12H16N2O2. The summed E-state index contributed by atoms with van der Waals surface area (Å²) in [5.41, 5.74) is 8.29. The van der Waals surface area contributed by atoms with Crippen LogP contribution in [0, 0.1) is 6.92 Å². The molecule has 1 aliphatic heterocycles. The molecule has 1 aromatic carbocycles. The molecular weight excluding hydrogens is 204 g/mol. The fourth-order valence-corrected chi connectivity index (χ4v) is 1.75. The van der Waals surface area contributed by atoms with E-state index in [-0.39, 0.29) is 12.1 Å². The summed E-state index contributed by atoms with van der Waals surface area (Å²) in [6.45, 7) is 3.66. The number of nitrogens with zero attached hydrogens (tertiary/aromatic N) is 1. The lowest BCUT2D eigenvalue weighted by Gasteiger charge is -2.18. The first-order chi connectivity index (χ1) is 7.66. The van der Waals surface area contributed by atoms with Gasteiger partial charge in [0.25, 0.3) is 0 Å². The molecule has 4 nitrogen and oxygen atoms in total. The van der Waals surface area contributed by atoms with Crippen LogP contribution in [-0.2, 0) is 4.74 Å². The van der Waals surface area contributed by atoms with E-state index in [1.807, 2.05) is 31.2 Å². The third kappa shape index (κ3) is 2.33. The van der Waals surface area contributed by atoms with E-state index in [0.717, 1.165) is 5.56 Å². The Hall–Kier alpha value is -1.55. The second kappa shape index (κ2) is 4.53. The Morgan fingerprint density at radius 2 is 2.12 bits per heavy atom. The Bertz CT molecular complexity index is 375. The minimum atomic E-state index is -0.262. The number of amides is 1. The summed E-state index contributed by atoms with van der Waals surface area (Å²) in [5, 5.41) is 0. The number of cyclic esters (lactones) is 1. The molecule has 4 heteroatoms. The van der Waals surface area contributed by atoms with E-state index >= 15 is 0 Å². The number of nitrogens with two attached hydrogens (primary N) is 1. The van der Waals surface area contributed by atoms with Crippen molar-refractivity contribution in [2.45, 2.75) is 13.0 Å². The van der Waals surface area contributed by atoms with Crippen molar-refractivity contribution < 1.29 is 9.53 Å². The molecule has 1 amide bonds. The van der Waals surface area contributed by atoms with Crippen molar-refractivity contribution in [3.8, 4) is 0 Å². The fraction of sp³-hybridized carbons (Fsp3) is 0.417. The molecule has 1 atom stereocenters. The molecule has 0 saturated carbocycles. The van der Waals surface area contributed by atoms with Crippen LogP contribution < -0.4 is 5.73 Å². The predicted molar refractivity (Wildman–Crippen MR) is 61.0 cm³/mol. The summed E-state index contributed by atoms with van der Waals surface area (Å²) in [6, 6.07) is 7.91. The van der Waals surface area contributed by atoms with Crippen LogP contribution in [0.2, 0.25) is 0 Å². The van der Waals surface area contributed by atoms with Crippen molar-refractivity contribution in [3.05, 3.63) is 35.4 Å². The normalized spacial score (nSPS) is 17.4. The second-order valence-corrected chi connectivity index (χ2v) is 4.08. The number of ether oxygens (including phenoxy) is 1. The average molecular weight is 220 g/mol. The van der Waals surface area contributed by atoms with Crippen LogP contribution in [0.5, 0.6) is 0 Å². The fourth-order valence-electron chi connectivity index (χ4n) is 1.75. The van der Waals surface area contributed by atoms with Crippen LogP contribution in [-0.4, -0.2) is 30.7 Å². The van der Waals surface area contributed by atoms with Crippen LogP contribution in [0.15, 0.2) is 24.3 Å². The SMILES string of the molecule is Cc1ccc(C(N)CN2CCOC2=O)cc1. The van der Waals surface area contributed by atoms with Gasteiger partial charge in [0.15, 0.2) is 0 Å². The summed E-state index contributed by atoms with van der Waals surface area (Å²) in [4.78, 5) is 12.9. The molecule has 86 valence electrons. The van der Waals surface area contributed by atoms with Gasteiger partial charge >= 0.3 is 6.09 Å². The van der Waals surface area contributed by atoms with Crippen LogP contribution in [0.25, 0.3) is 0 Å². The molecule has 0 radical (unpaired) electrons. The lowest BCUT2D eigenvalue weighted by Crippen LogP contribution is -2.32. The molecule has 16 heavy (non-hydrogen) atoms. The second-order valence-electron chi connectivity index (χ2n) is 4.08. The van der Waals surface area contributed by atoms with E-state index in [0.29, 0.717) is 19.7 Å². The molecule has 1 fully saturated rings. The predicted octanol–water partition coefficient (Wildman–Crippen LogP) is 1.45. The van der Waals surface area contributed by atoms with Gasteiger partial charge in [0.05, 0.1) is 6.54 Å². The van der Waals surface area contributed by atoms with Crippen molar-refractivity contribution in [2.75, 3.05) is 19.7 Å². The summed E-state index contributed by atoms with van der Waals surface area (Å²) in [5.74, 6) is 0. The van der Waals surface area contributed by atoms with Crippen molar-refractivity contribution in [1.82, 2.24) is 4.90 Å². The van der Waals surface area contributed by atoms with Crippen LogP contribution in [0.3, 0.4) is 0 Å². The summed E-state index contributed by atoms with van der Waals surface area (Å²) >= 11 is 0. The monoisotopic (exact) mass is 220 g/mol. The van der Waals surface area contributed by atoms with E-state index in [1.165, 1.54) is 5.56 Å². The highest BCUT2D eigenvalue weighted by Crippen LogP contribution is 2.14. The van der Waals surface area contributed by atoms with E-state index in [4.69, 9.17) is 10.5 Å². The molecule has 2 rings (SSSR count). The Morgan fingerprint density at radius 3 is 2.69 bits per heavy atom. The number of aryl methyl sites for hydroxylation is 1. The van der Waals surface area contributed by atoms with Gasteiger partial charge in [-0.1, -0.05) is 29.8 Å². The minimum absolute atomic E-state index is 0.147. The maximum Gasteiger partial charge on any atom is 0.410 e. The largest absolute Gasteiger partial charge is 0.448 e. The van der Waals surface area contributed by atoms with E-state index in [1.54, 1.807) is 4.90 Å². The van der Waals surface area contributed by atoms with Gasteiger partial charge in [-0.25, -0.2) is 4.79 Å². The molecule has 2 N–H and O–H groups in total. The number of carbonyl (C=O) groups is 1. The Labute approximate surface area is 95.0 Å². The van der Waals surface area contributed by atoms with Crippen LogP contribution >= 0.6 is 0 Å². The standard InChI is InChI=1S/C12H16N2O2/c1-9-2-4-10(5-3-9)11(13)8-14-6-7-16-12(14)15/h2-5,11H,6-8,13H2,1H3. The maximum atomic E-state index is 11.2. The first-order valence-corrected chi connectivity index (χ1v) is 5.40. The highest BCUT2D eigenvalue weighted by Gasteiger charge is 2.23. The van der Waals surface area contributed by atoms with Crippen molar-refractivity contribution >= 4 is 6.09 Å². The summed E-state index contributed by atoms with van der Waals surface area (Å²) < 4.78 is 4.85. The van der Waals surface area contributed by atoms with Crippen molar-refractivity contribution in [1.29, 1.82) is 0 Å². The Balaban J connectivity index is 1.99. The van der Waals surface area contributed by atoms with Gasteiger partial charge in [0, 0.05) is 12.6 Å². The summed E-state index contributed by atoms with van der Waals surface area (Å²) in [7, 11) is 0. The van der Waals surface area contributed by atoms with E-state index < -0.39 is 0 Å². The summed E-state index contributed by atoms with van der Waals surface area (Å²) in [6.07, 6.45) is -0.262. The van der Waals surface area contributed by atoms with Gasteiger partial charge < -0.3 is 15.4 Å². The zero-order chi connectivity index (χ0) is 11.5. The van der Waals surface area contributed by atoms with Gasteiger partial charge in [0.1, 0.15) is 6.61 Å².